The van der Waals surface area contributed by atoms with E-state index in [1.54, 1.807) is 28.9 Å². The van der Waals surface area contributed by atoms with Crippen molar-refractivity contribution in [2.45, 2.75) is 32.2 Å². The molecular formula is C20H23N9O2. The molecule has 0 saturated carbocycles. The monoisotopic (exact) mass is 421 g/mol. The predicted octanol–water partition coefficient (Wildman–Crippen LogP) is 0.0125. The van der Waals surface area contributed by atoms with Gasteiger partial charge in [-0.15, -0.1) is 0 Å². The number of aromatic nitrogens is 7. The lowest BCUT2D eigenvalue weighted by atomic mass is 10.2. The number of aryl methyl sites for hydroxylation is 2. The second-order valence-corrected chi connectivity index (χ2v) is 7.82. The number of hydrogen-bond acceptors (Lipinski definition) is 8. The standard InChI is InChI=1S/C20H23N9O2/c1-14(29-19(30)9-15-3-2-4-16(15)25-29)20(31)27-7-5-26(6-8-27)17-10-18(23-12-22-17)28-13-21-11-24-28/h9-14H,2-8H2,1H3. The molecule has 1 aliphatic carbocycles. The molecule has 3 aromatic heterocycles. The summed E-state index contributed by atoms with van der Waals surface area (Å²) in [7, 11) is 0. The number of amides is 1. The minimum Gasteiger partial charge on any atom is -0.353 e. The molecule has 31 heavy (non-hydrogen) atoms. The highest BCUT2D eigenvalue weighted by Crippen LogP contribution is 2.20. The zero-order valence-corrected chi connectivity index (χ0v) is 17.3. The van der Waals surface area contributed by atoms with Crippen molar-refractivity contribution in [3.05, 3.63) is 52.7 Å². The van der Waals surface area contributed by atoms with Crippen LogP contribution < -0.4 is 10.5 Å². The molecule has 3 aromatic rings. The molecule has 0 spiro atoms. The SMILES string of the molecule is CC(C(=O)N1CCN(c2cc(-n3cncn3)ncn2)CC1)n1nc2c(cc1=O)CCC2. The third-order valence-corrected chi connectivity index (χ3v) is 5.91. The van der Waals surface area contributed by atoms with Crippen molar-refractivity contribution in [1.29, 1.82) is 0 Å². The summed E-state index contributed by atoms with van der Waals surface area (Å²) < 4.78 is 2.92. The fourth-order valence-corrected chi connectivity index (χ4v) is 4.18. The molecule has 1 aliphatic heterocycles. The van der Waals surface area contributed by atoms with Crippen LogP contribution >= 0.6 is 0 Å². The van der Waals surface area contributed by atoms with Crippen LogP contribution in [0.25, 0.3) is 5.82 Å². The Morgan fingerprint density at radius 3 is 2.61 bits per heavy atom. The normalized spacial score (nSPS) is 16.9. The van der Waals surface area contributed by atoms with Gasteiger partial charge in [-0.1, -0.05) is 0 Å². The minimum atomic E-state index is -0.622. The first-order valence-electron chi connectivity index (χ1n) is 10.4. The highest BCUT2D eigenvalue weighted by molar-refractivity contribution is 5.80. The molecule has 1 unspecified atom stereocenters. The van der Waals surface area contributed by atoms with E-state index in [2.05, 4.69) is 30.0 Å². The average molecular weight is 421 g/mol. The van der Waals surface area contributed by atoms with Crippen molar-refractivity contribution in [3.8, 4) is 5.82 Å². The van der Waals surface area contributed by atoms with E-state index in [1.165, 1.54) is 17.3 Å². The molecule has 11 nitrogen and oxygen atoms in total. The Labute approximate surface area is 178 Å². The lowest BCUT2D eigenvalue weighted by Crippen LogP contribution is -2.51. The van der Waals surface area contributed by atoms with Gasteiger partial charge in [-0.3, -0.25) is 9.59 Å². The smallest absolute Gasteiger partial charge is 0.267 e. The van der Waals surface area contributed by atoms with Crippen LogP contribution in [0.3, 0.4) is 0 Å². The number of carbonyl (C=O) groups is 1. The maximum absolute atomic E-state index is 13.1. The molecule has 1 saturated heterocycles. The molecule has 0 radical (unpaired) electrons. The van der Waals surface area contributed by atoms with Crippen LogP contribution in [-0.4, -0.2) is 71.5 Å². The molecule has 4 heterocycles. The van der Waals surface area contributed by atoms with Gasteiger partial charge < -0.3 is 9.80 Å². The summed E-state index contributed by atoms with van der Waals surface area (Å²) in [6.07, 6.45) is 7.30. The highest BCUT2D eigenvalue weighted by Gasteiger charge is 2.28. The van der Waals surface area contributed by atoms with Gasteiger partial charge in [0.15, 0.2) is 5.82 Å². The summed E-state index contributed by atoms with van der Waals surface area (Å²) in [6.45, 7) is 4.12. The molecule has 0 aromatic carbocycles. The molecule has 160 valence electrons. The quantitative estimate of drug-likeness (QED) is 0.579. The van der Waals surface area contributed by atoms with Crippen LogP contribution in [0.1, 0.15) is 30.6 Å². The number of fused-ring (bicyclic) bond motifs is 1. The van der Waals surface area contributed by atoms with Gasteiger partial charge in [-0.05, 0) is 31.7 Å². The maximum atomic E-state index is 13.1. The van der Waals surface area contributed by atoms with E-state index in [0.29, 0.717) is 32.0 Å². The number of nitrogens with zero attached hydrogens (tertiary/aromatic N) is 9. The number of carbonyl (C=O) groups excluding carboxylic acids is 1. The van der Waals surface area contributed by atoms with Gasteiger partial charge in [0, 0.05) is 38.3 Å². The molecule has 1 amide bonds. The zero-order valence-electron chi connectivity index (χ0n) is 17.3. The number of hydrogen-bond donors (Lipinski definition) is 0. The second kappa shape index (κ2) is 7.89. The van der Waals surface area contributed by atoms with E-state index >= 15 is 0 Å². The van der Waals surface area contributed by atoms with Crippen molar-refractivity contribution in [1.82, 2.24) is 39.4 Å². The lowest BCUT2D eigenvalue weighted by molar-refractivity contribution is -0.135. The van der Waals surface area contributed by atoms with Crippen LogP contribution in [-0.2, 0) is 17.6 Å². The zero-order chi connectivity index (χ0) is 21.4. The first-order chi connectivity index (χ1) is 15.1. The molecule has 11 heteroatoms. The summed E-state index contributed by atoms with van der Waals surface area (Å²) in [5.74, 6) is 1.33. The van der Waals surface area contributed by atoms with Crippen molar-refractivity contribution in [2.24, 2.45) is 0 Å². The summed E-state index contributed by atoms with van der Waals surface area (Å²) in [5.41, 5.74) is 1.75. The first kappa shape index (κ1) is 19.3. The topological polar surface area (TPSA) is 115 Å². The van der Waals surface area contributed by atoms with Gasteiger partial charge in [-0.2, -0.15) is 10.2 Å². The van der Waals surface area contributed by atoms with Gasteiger partial charge in [0.2, 0.25) is 5.91 Å². The Hall–Kier alpha value is -3.63. The van der Waals surface area contributed by atoms with Crippen LogP contribution in [0.5, 0.6) is 0 Å². The lowest BCUT2D eigenvalue weighted by Gasteiger charge is -2.36. The van der Waals surface area contributed by atoms with E-state index in [-0.39, 0.29) is 11.5 Å². The molecule has 0 bridgehead atoms. The van der Waals surface area contributed by atoms with Crippen LogP contribution in [0.4, 0.5) is 5.82 Å². The fourth-order valence-electron chi connectivity index (χ4n) is 4.18. The van der Waals surface area contributed by atoms with Crippen molar-refractivity contribution in [2.75, 3.05) is 31.1 Å². The molecule has 0 N–H and O–H groups in total. The van der Waals surface area contributed by atoms with Gasteiger partial charge in [0.25, 0.3) is 5.56 Å². The van der Waals surface area contributed by atoms with Gasteiger partial charge >= 0.3 is 0 Å². The largest absolute Gasteiger partial charge is 0.353 e. The van der Waals surface area contributed by atoms with Crippen molar-refractivity contribution < 1.29 is 4.79 Å². The van der Waals surface area contributed by atoms with Crippen LogP contribution in [0, 0.1) is 0 Å². The Bertz CT molecular complexity index is 1150. The van der Waals surface area contributed by atoms with E-state index in [0.717, 1.165) is 36.3 Å². The Morgan fingerprint density at radius 1 is 1.03 bits per heavy atom. The average Bonchev–Trinajstić information content (AvgIpc) is 3.50. The maximum Gasteiger partial charge on any atom is 0.267 e. The molecule has 1 atom stereocenters. The number of piperazine rings is 1. The number of rotatable bonds is 4. The molecule has 1 fully saturated rings. The van der Waals surface area contributed by atoms with E-state index in [4.69, 9.17) is 0 Å². The van der Waals surface area contributed by atoms with Gasteiger partial charge in [-0.25, -0.2) is 24.3 Å². The van der Waals surface area contributed by atoms with Crippen molar-refractivity contribution in [3.63, 3.8) is 0 Å². The van der Waals surface area contributed by atoms with E-state index in [1.807, 2.05) is 6.07 Å². The van der Waals surface area contributed by atoms with Gasteiger partial charge in [0.05, 0.1) is 5.69 Å². The predicted molar refractivity (Wildman–Crippen MR) is 111 cm³/mol. The Kier molecular flexibility index (Phi) is 4.92. The Morgan fingerprint density at radius 2 is 1.84 bits per heavy atom. The third kappa shape index (κ3) is 3.66. The molecule has 2 aliphatic rings. The van der Waals surface area contributed by atoms with Crippen LogP contribution in [0.2, 0.25) is 0 Å². The summed E-state index contributed by atoms with van der Waals surface area (Å²) in [6, 6.07) is 2.87. The second-order valence-electron chi connectivity index (χ2n) is 7.82. The minimum absolute atomic E-state index is 0.0850. The highest BCUT2D eigenvalue weighted by atomic mass is 16.2. The van der Waals surface area contributed by atoms with Crippen molar-refractivity contribution >= 4 is 11.7 Å². The summed E-state index contributed by atoms with van der Waals surface area (Å²) in [4.78, 5) is 42.0. The van der Waals surface area contributed by atoms with E-state index in [9.17, 15) is 9.59 Å². The van der Waals surface area contributed by atoms with Gasteiger partial charge in [0.1, 0.15) is 30.8 Å². The third-order valence-electron chi connectivity index (χ3n) is 5.91. The number of anilines is 1. The molecular weight excluding hydrogens is 398 g/mol. The van der Waals surface area contributed by atoms with Crippen LogP contribution in [0.15, 0.2) is 35.9 Å². The summed E-state index contributed by atoms with van der Waals surface area (Å²) in [5, 5.41) is 8.58. The Balaban J connectivity index is 1.26. The summed E-state index contributed by atoms with van der Waals surface area (Å²) >= 11 is 0. The fraction of sp³-hybridized carbons (Fsp3) is 0.450. The van der Waals surface area contributed by atoms with E-state index < -0.39 is 6.04 Å². The molecule has 5 rings (SSSR count). The first-order valence-corrected chi connectivity index (χ1v) is 10.4.